The van der Waals surface area contributed by atoms with Crippen LogP contribution in [0.4, 0.5) is 0 Å². The predicted molar refractivity (Wildman–Crippen MR) is 76.1 cm³/mol. The lowest BCUT2D eigenvalue weighted by Crippen LogP contribution is -2.41. The lowest BCUT2D eigenvalue weighted by atomic mass is 9.96. The van der Waals surface area contributed by atoms with Gasteiger partial charge in [-0.2, -0.15) is 5.10 Å². The van der Waals surface area contributed by atoms with Gasteiger partial charge in [-0.1, -0.05) is 5.16 Å². The molecule has 0 aliphatic carbocycles. The zero-order valence-electron chi connectivity index (χ0n) is 12.0. The largest absolute Gasteiger partial charge is 0.364 e. The van der Waals surface area contributed by atoms with Gasteiger partial charge >= 0.3 is 0 Å². The van der Waals surface area contributed by atoms with E-state index in [9.17, 15) is 9.59 Å². The molecule has 8 nitrogen and oxygen atoms in total. The third-order valence-electron chi connectivity index (χ3n) is 3.87. The molecule has 0 saturated carbocycles. The quantitative estimate of drug-likeness (QED) is 0.864. The smallest absolute Gasteiger partial charge is 0.273 e. The summed E-state index contributed by atoms with van der Waals surface area (Å²) in [4.78, 5) is 25.8. The first-order valence-electron chi connectivity index (χ1n) is 7.20. The SMILES string of the molecule is O=C(NCC1CCN(C(=O)c2cn[nH]c2)CC1)c1ccon1. The fourth-order valence-corrected chi connectivity index (χ4v) is 2.55. The minimum atomic E-state index is -0.231. The maximum Gasteiger partial charge on any atom is 0.273 e. The molecule has 0 atom stereocenters. The Morgan fingerprint density at radius 3 is 2.86 bits per heavy atom. The molecule has 1 saturated heterocycles. The fourth-order valence-electron chi connectivity index (χ4n) is 2.55. The molecule has 116 valence electrons. The summed E-state index contributed by atoms with van der Waals surface area (Å²) >= 11 is 0. The summed E-state index contributed by atoms with van der Waals surface area (Å²) in [6, 6.07) is 1.53. The molecule has 8 heteroatoms. The lowest BCUT2D eigenvalue weighted by Gasteiger charge is -2.31. The molecule has 0 bridgehead atoms. The van der Waals surface area contributed by atoms with Crippen LogP contribution in [0.2, 0.25) is 0 Å². The van der Waals surface area contributed by atoms with E-state index in [4.69, 9.17) is 0 Å². The summed E-state index contributed by atoms with van der Waals surface area (Å²) < 4.78 is 4.64. The molecule has 2 N–H and O–H groups in total. The third kappa shape index (κ3) is 3.16. The van der Waals surface area contributed by atoms with E-state index in [-0.39, 0.29) is 17.5 Å². The average molecular weight is 303 g/mol. The first-order valence-corrected chi connectivity index (χ1v) is 7.20. The van der Waals surface area contributed by atoms with Crippen LogP contribution in [-0.2, 0) is 0 Å². The average Bonchev–Trinajstić information content (AvgIpc) is 3.25. The van der Waals surface area contributed by atoms with E-state index in [0.717, 1.165) is 12.8 Å². The van der Waals surface area contributed by atoms with E-state index in [1.54, 1.807) is 6.20 Å². The van der Waals surface area contributed by atoms with Gasteiger partial charge in [0.15, 0.2) is 5.69 Å². The van der Waals surface area contributed by atoms with Gasteiger partial charge in [0, 0.05) is 31.9 Å². The molecule has 3 heterocycles. The Balaban J connectivity index is 1.44. The molecular formula is C14H17N5O3. The second-order valence-electron chi connectivity index (χ2n) is 5.32. The molecule has 2 aromatic heterocycles. The second kappa shape index (κ2) is 6.42. The van der Waals surface area contributed by atoms with Crippen LogP contribution in [0.5, 0.6) is 0 Å². The van der Waals surface area contributed by atoms with Gasteiger partial charge < -0.3 is 14.7 Å². The highest BCUT2D eigenvalue weighted by molar-refractivity contribution is 5.93. The zero-order chi connectivity index (χ0) is 15.4. The molecule has 0 aromatic carbocycles. The lowest BCUT2D eigenvalue weighted by molar-refractivity contribution is 0.0684. The van der Waals surface area contributed by atoms with Crippen molar-refractivity contribution in [2.24, 2.45) is 5.92 Å². The number of nitrogens with one attached hydrogen (secondary N) is 2. The van der Waals surface area contributed by atoms with Gasteiger partial charge in [-0.15, -0.1) is 0 Å². The Morgan fingerprint density at radius 2 is 2.23 bits per heavy atom. The van der Waals surface area contributed by atoms with Crippen molar-refractivity contribution in [3.8, 4) is 0 Å². The highest BCUT2D eigenvalue weighted by Gasteiger charge is 2.24. The van der Waals surface area contributed by atoms with Crippen LogP contribution in [0.3, 0.4) is 0 Å². The van der Waals surface area contributed by atoms with Crippen molar-refractivity contribution >= 4 is 11.8 Å². The van der Waals surface area contributed by atoms with Gasteiger partial charge in [-0.25, -0.2) is 0 Å². The van der Waals surface area contributed by atoms with Crippen molar-refractivity contribution < 1.29 is 14.1 Å². The Hall–Kier alpha value is -2.64. The van der Waals surface area contributed by atoms with Crippen molar-refractivity contribution in [1.29, 1.82) is 0 Å². The normalized spacial score (nSPS) is 15.7. The van der Waals surface area contributed by atoms with Crippen LogP contribution >= 0.6 is 0 Å². The number of rotatable bonds is 4. The van der Waals surface area contributed by atoms with E-state index in [1.807, 2.05) is 4.90 Å². The topological polar surface area (TPSA) is 104 Å². The van der Waals surface area contributed by atoms with E-state index in [0.29, 0.717) is 31.1 Å². The highest BCUT2D eigenvalue weighted by atomic mass is 16.5. The minimum absolute atomic E-state index is 0.00108. The summed E-state index contributed by atoms with van der Waals surface area (Å²) in [5.74, 6) is 0.133. The molecule has 2 amide bonds. The third-order valence-corrected chi connectivity index (χ3v) is 3.87. The van der Waals surface area contributed by atoms with Crippen LogP contribution in [-0.4, -0.2) is 51.7 Å². The first-order chi connectivity index (χ1) is 10.7. The van der Waals surface area contributed by atoms with Crippen molar-refractivity contribution in [3.05, 3.63) is 36.0 Å². The van der Waals surface area contributed by atoms with Gasteiger partial charge in [-0.3, -0.25) is 14.7 Å². The molecule has 0 spiro atoms. The minimum Gasteiger partial charge on any atom is -0.364 e. The molecule has 0 unspecified atom stereocenters. The van der Waals surface area contributed by atoms with Crippen LogP contribution in [0.15, 0.2) is 29.2 Å². The maximum atomic E-state index is 12.2. The standard InChI is InChI=1S/C14H17N5O3/c20-13(12-3-6-22-18-12)15-7-10-1-4-19(5-2-10)14(21)11-8-16-17-9-11/h3,6,8-10H,1-2,4-5,7H2,(H,15,20)(H,16,17). The second-order valence-corrected chi connectivity index (χ2v) is 5.32. The highest BCUT2D eigenvalue weighted by Crippen LogP contribution is 2.18. The Labute approximate surface area is 126 Å². The number of carbonyl (C=O) groups is 2. The van der Waals surface area contributed by atoms with E-state index in [2.05, 4.69) is 25.2 Å². The number of hydrogen-bond acceptors (Lipinski definition) is 5. The summed E-state index contributed by atoms with van der Waals surface area (Å²) in [6.45, 7) is 1.96. The summed E-state index contributed by atoms with van der Waals surface area (Å²) in [5.41, 5.74) is 0.866. The van der Waals surface area contributed by atoms with E-state index < -0.39 is 0 Å². The van der Waals surface area contributed by atoms with Gasteiger partial charge in [-0.05, 0) is 18.8 Å². The molecule has 1 fully saturated rings. The molecule has 1 aliphatic heterocycles. The van der Waals surface area contributed by atoms with Crippen LogP contribution < -0.4 is 5.32 Å². The van der Waals surface area contributed by atoms with Crippen molar-refractivity contribution in [3.63, 3.8) is 0 Å². The van der Waals surface area contributed by atoms with E-state index in [1.165, 1.54) is 18.5 Å². The van der Waals surface area contributed by atoms with Crippen molar-refractivity contribution in [2.45, 2.75) is 12.8 Å². The number of H-pyrrole nitrogens is 1. The zero-order valence-corrected chi connectivity index (χ0v) is 12.0. The van der Waals surface area contributed by atoms with Crippen molar-refractivity contribution in [1.82, 2.24) is 25.6 Å². The first kappa shape index (κ1) is 14.3. The Morgan fingerprint density at radius 1 is 1.41 bits per heavy atom. The summed E-state index contributed by atoms with van der Waals surface area (Å²) in [5, 5.41) is 12.9. The monoisotopic (exact) mass is 303 g/mol. The Kier molecular flexibility index (Phi) is 4.17. The van der Waals surface area contributed by atoms with Crippen LogP contribution in [0.1, 0.15) is 33.7 Å². The molecular weight excluding hydrogens is 286 g/mol. The number of carbonyl (C=O) groups excluding carboxylic acids is 2. The fraction of sp³-hybridized carbons (Fsp3) is 0.429. The van der Waals surface area contributed by atoms with Crippen LogP contribution in [0, 0.1) is 5.92 Å². The molecule has 22 heavy (non-hydrogen) atoms. The number of amides is 2. The molecule has 3 rings (SSSR count). The van der Waals surface area contributed by atoms with E-state index >= 15 is 0 Å². The molecule has 0 radical (unpaired) electrons. The summed E-state index contributed by atoms with van der Waals surface area (Å²) in [7, 11) is 0. The predicted octanol–water partition coefficient (Wildman–Crippen LogP) is 0.680. The number of piperidine rings is 1. The van der Waals surface area contributed by atoms with Gasteiger partial charge in [0.1, 0.15) is 6.26 Å². The number of likely N-dealkylation sites (tertiary alicyclic amines) is 1. The summed E-state index contributed by atoms with van der Waals surface area (Å²) in [6.07, 6.45) is 6.24. The van der Waals surface area contributed by atoms with Gasteiger partial charge in [0.25, 0.3) is 11.8 Å². The molecule has 1 aliphatic rings. The number of nitrogens with zero attached hydrogens (tertiary/aromatic N) is 3. The molecule has 2 aromatic rings. The number of aromatic nitrogens is 3. The maximum absolute atomic E-state index is 12.2. The van der Waals surface area contributed by atoms with Gasteiger partial charge in [0.05, 0.1) is 11.8 Å². The number of hydrogen-bond donors (Lipinski definition) is 2. The Bertz CT molecular complexity index is 615. The van der Waals surface area contributed by atoms with Gasteiger partial charge in [0.2, 0.25) is 0 Å². The van der Waals surface area contributed by atoms with Crippen LogP contribution in [0.25, 0.3) is 0 Å². The van der Waals surface area contributed by atoms with Crippen molar-refractivity contribution in [2.75, 3.05) is 19.6 Å². The number of aromatic amines is 1.